The van der Waals surface area contributed by atoms with Crippen LogP contribution in [-0.2, 0) is 11.3 Å². The molecule has 0 bridgehead atoms. The average molecular weight is 316 g/mol. The number of hydrogen-bond acceptors (Lipinski definition) is 2. The summed E-state index contributed by atoms with van der Waals surface area (Å²) in [5.41, 5.74) is 1.98. The SMILES string of the molecule is O=C1CC[C@H](O)[C@@H](c2ccc(Cl)cc2)N1Cc1ccccc1. The van der Waals surface area contributed by atoms with Gasteiger partial charge in [-0.1, -0.05) is 54.1 Å². The number of amides is 1. The van der Waals surface area contributed by atoms with Crippen LogP contribution in [0.4, 0.5) is 0 Å². The Hall–Kier alpha value is -1.84. The average Bonchev–Trinajstić information content (AvgIpc) is 2.53. The number of hydrogen-bond donors (Lipinski definition) is 1. The van der Waals surface area contributed by atoms with Crippen LogP contribution in [0.15, 0.2) is 54.6 Å². The maximum absolute atomic E-state index is 12.4. The zero-order valence-corrected chi connectivity index (χ0v) is 12.9. The normalized spacial score (nSPS) is 21.9. The third-order valence-electron chi connectivity index (χ3n) is 4.08. The highest BCUT2D eigenvalue weighted by Crippen LogP contribution is 2.33. The molecule has 1 fully saturated rings. The van der Waals surface area contributed by atoms with Gasteiger partial charge in [-0.2, -0.15) is 0 Å². The van der Waals surface area contributed by atoms with Gasteiger partial charge < -0.3 is 10.0 Å². The standard InChI is InChI=1S/C18H18ClNO2/c19-15-8-6-14(7-9-15)18-16(21)10-11-17(22)20(18)12-13-4-2-1-3-5-13/h1-9,16,18,21H,10-12H2/t16-,18+/m0/s1. The Morgan fingerprint density at radius 1 is 1.09 bits per heavy atom. The zero-order valence-electron chi connectivity index (χ0n) is 12.2. The molecule has 0 aromatic heterocycles. The van der Waals surface area contributed by atoms with Crippen LogP contribution in [0.1, 0.15) is 30.0 Å². The third kappa shape index (κ3) is 3.16. The molecule has 4 heteroatoms. The Morgan fingerprint density at radius 3 is 2.45 bits per heavy atom. The van der Waals surface area contributed by atoms with Crippen LogP contribution in [-0.4, -0.2) is 22.0 Å². The Labute approximate surface area is 135 Å². The summed E-state index contributed by atoms with van der Waals surface area (Å²) < 4.78 is 0. The molecule has 1 amide bonds. The monoisotopic (exact) mass is 315 g/mol. The second-order valence-corrected chi connectivity index (χ2v) is 6.05. The fourth-order valence-corrected chi connectivity index (χ4v) is 3.09. The summed E-state index contributed by atoms with van der Waals surface area (Å²) in [5, 5.41) is 11.1. The molecular weight excluding hydrogens is 298 g/mol. The summed E-state index contributed by atoms with van der Waals surface area (Å²) in [7, 11) is 0. The van der Waals surface area contributed by atoms with Crippen LogP contribution in [0.2, 0.25) is 5.02 Å². The summed E-state index contributed by atoms with van der Waals surface area (Å²) in [5.74, 6) is 0.0779. The first kappa shape index (κ1) is 15.1. The van der Waals surface area contributed by atoms with E-state index in [9.17, 15) is 9.90 Å². The summed E-state index contributed by atoms with van der Waals surface area (Å²) >= 11 is 5.94. The number of likely N-dealkylation sites (tertiary alicyclic amines) is 1. The van der Waals surface area contributed by atoms with Crippen molar-refractivity contribution in [2.75, 3.05) is 0 Å². The Kier molecular flexibility index (Phi) is 4.46. The Morgan fingerprint density at radius 2 is 1.77 bits per heavy atom. The van der Waals surface area contributed by atoms with E-state index in [0.29, 0.717) is 24.4 Å². The number of piperidine rings is 1. The smallest absolute Gasteiger partial charge is 0.223 e. The van der Waals surface area contributed by atoms with Crippen molar-refractivity contribution in [3.63, 3.8) is 0 Å². The lowest BCUT2D eigenvalue weighted by molar-refractivity contribution is -0.143. The summed E-state index contributed by atoms with van der Waals surface area (Å²) in [6, 6.07) is 16.9. The van der Waals surface area contributed by atoms with Crippen molar-refractivity contribution in [1.29, 1.82) is 0 Å². The van der Waals surface area contributed by atoms with Crippen molar-refractivity contribution in [3.05, 3.63) is 70.7 Å². The molecule has 3 nitrogen and oxygen atoms in total. The topological polar surface area (TPSA) is 40.5 Å². The second-order valence-electron chi connectivity index (χ2n) is 5.61. The summed E-state index contributed by atoms with van der Waals surface area (Å²) in [6.45, 7) is 0.504. The van der Waals surface area contributed by atoms with Crippen molar-refractivity contribution in [2.45, 2.75) is 31.5 Å². The molecule has 0 spiro atoms. The molecule has 1 saturated heterocycles. The molecule has 2 atom stereocenters. The molecule has 114 valence electrons. The third-order valence-corrected chi connectivity index (χ3v) is 4.33. The van der Waals surface area contributed by atoms with Gasteiger partial charge in [0, 0.05) is 18.0 Å². The predicted molar refractivity (Wildman–Crippen MR) is 86.4 cm³/mol. The minimum atomic E-state index is -0.553. The number of carbonyl (C=O) groups is 1. The molecule has 2 aromatic rings. The maximum atomic E-state index is 12.4. The number of carbonyl (C=O) groups excluding carboxylic acids is 1. The fourth-order valence-electron chi connectivity index (χ4n) is 2.96. The molecule has 0 saturated carbocycles. The number of benzene rings is 2. The van der Waals surface area contributed by atoms with Crippen molar-refractivity contribution in [3.8, 4) is 0 Å². The van der Waals surface area contributed by atoms with E-state index in [4.69, 9.17) is 11.6 Å². The van der Waals surface area contributed by atoms with Crippen LogP contribution in [0.25, 0.3) is 0 Å². The van der Waals surface area contributed by atoms with Gasteiger partial charge in [0.05, 0.1) is 12.1 Å². The van der Waals surface area contributed by atoms with Gasteiger partial charge in [-0.15, -0.1) is 0 Å². The fraction of sp³-hybridized carbons (Fsp3) is 0.278. The first-order valence-corrected chi connectivity index (χ1v) is 7.80. The van der Waals surface area contributed by atoms with Gasteiger partial charge in [0.2, 0.25) is 5.91 Å². The molecule has 0 radical (unpaired) electrons. The molecule has 22 heavy (non-hydrogen) atoms. The summed E-state index contributed by atoms with van der Waals surface area (Å²) in [4.78, 5) is 14.2. The van der Waals surface area contributed by atoms with Gasteiger partial charge in [-0.05, 0) is 29.7 Å². The van der Waals surface area contributed by atoms with E-state index in [1.165, 1.54) is 0 Å². The molecular formula is C18H18ClNO2. The highest BCUT2D eigenvalue weighted by atomic mass is 35.5. The number of nitrogens with zero attached hydrogens (tertiary/aromatic N) is 1. The number of rotatable bonds is 3. The largest absolute Gasteiger partial charge is 0.391 e. The van der Waals surface area contributed by atoms with E-state index in [1.54, 1.807) is 17.0 Å². The molecule has 0 unspecified atom stereocenters. The van der Waals surface area contributed by atoms with E-state index in [-0.39, 0.29) is 11.9 Å². The van der Waals surface area contributed by atoms with Gasteiger partial charge >= 0.3 is 0 Å². The lowest BCUT2D eigenvalue weighted by Gasteiger charge is -2.39. The van der Waals surface area contributed by atoms with Crippen LogP contribution in [0.5, 0.6) is 0 Å². The zero-order chi connectivity index (χ0) is 15.5. The summed E-state index contributed by atoms with van der Waals surface area (Å²) in [6.07, 6.45) is 0.331. The van der Waals surface area contributed by atoms with E-state index in [1.807, 2.05) is 42.5 Å². The molecule has 1 heterocycles. The number of halogens is 1. The van der Waals surface area contributed by atoms with E-state index < -0.39 is 6.10 Å². The second kappa shape index (κ2) is 6.51. The van der Waals surface area contributed by atoms with Gasteiger partial charge in [-0.3, -0.25) is 4.79 Å². The Bertz CT molecular complexity index is 642. The van der Waals surface area contributed by atoms with Gasteiger partial charge in [0.15, 0.2) is 0 Å². The van der Waals surface area contributed by atoms with E-state index in [0.717, 1.165) is 11.1 Å². The highest BCUT2D eigenvalue weighted by molar-refractivity contribution is 6.30. The van der Waals surface area contributed by atoms with Crippen molar-refractivity contribution in [1.82, 2.24) is 4.90 Å². The van der Waals surface area contributed by atoms with Gasteiger partial charge in [0.25, 0.3) is 0 Å². The van der Waals surface area contributed by atoms with Crippen molar-refractivity contribution < 1.29 is 9.90 Å². The maximum Gasteiger partial charge on any atom is 0.223 e. The number of aliphatic hydroxyl groups is 1. The molecule has 1 aliphatic heterocycles. The van der Waals surface area contributed by atoms with Gasteiger partial charge in [0.1, 0.15) is 0 Å². The minimum Gasteiger partial charge on any atom is -0.391 e. The van der Waals surface area contributed by atoms with Crippen LogP contribution in [0, 0.1) is 0 Å². The van der Waals surface area contributed by atoms with Crippen LogP contribution < -0.4 is 0 Å². The van der Waals surface area contributed by atoms with Gasteiger partial charge in [-0.25, -0.2) is 0 Å². The van der Waals surface area contributed by atoms with Crippen LogP contribution in [0.3, 0.4) is 0 Å². The quantitative estimate of drug-likeness (QED) is 0.940. The molecule has 1 N–H and O–H groups in total. The molecule has 2 aromatic carbocycles. The van der Waals surface area contributed by atoms with E-state index in [2.05, 4.69) is 0 Å². The van der Waals surface area contributed by atoms with Crippen molar-refractivity contribution in [2.24, 2.45) is 0 Å². The lowest BCUT2D eigenvalue weighted by atomic mass is 9.91. The first-order chi connectivity index (χ1) is 10.6. The lowest BCUT2D eigenvalue weighted by Crippen LogP contribution is -2.44. The minimum absolute atomic E-state index is 0.0779. The predicted octanol–water partition coefficient (Wildman–Crippen LogP) is 3.56. The highest BCUT2D eigenvalue weighted by Gasteiger charge is 2.35. The Balaban J connectivity index is 1.91. The number of aliphatic hydroxyl groups excluding tert-OH is 1. The molecule has 0 aliphatic carbocycles. The van der Waals surface area contributed by atoms with Crippen LogP contribution >= 0.6 is 11.6 Å². The first-order valence-electron chi connectivity index (χ1n) is 7.42. The van der Waals surface area contributed by atoms with Crippen molar-refractivity contribution >= 4 is 17.5 Å². The molecule has 1 aliphatic rings. The molecule has 3 rings (SSSR count). The van der Waals surface area contributed by atoms with E-state index >= 15 is 0 Å².